The van der Waals surface area contributed by atoms with Crippen LogP contribution in [0.1, 0.15) is 12.5 Å². The highest BCUT2D eigenvalue weighted by Gasteiger charge is 2.17. The number of nitrogens with zero attached hydrogens (tertiary/aromatic N) is 5. The van der Waals surface area contributed by atoms with Crippen LogP contribution in [0.5, 0.6) is 17.2 Å². The number of rotatable bonds is 11. The van der Waals surface area contributed by atoms with Crippen LogP contribution in [-0.4, -0.2) is 44.2 Å². The molecule has 5 rings (SSSR count). The molecule has 0 bridgehead atoms. The first-order valence-electron chi connectivity index (χ1n) is 12.6. The summed E-state index contributed by atoms with van der Waals surface area (Å²) in [6.45, 7) is 2.52. The molecule has 1 amide bonds. The lowest BCUT2D eigenvalue weighted by atomic mass is 10.2. The second kappa shape index (κ2) is 13.2. The summed E-state index contributed by atoms with van der Waals surface area (Å²) in [6, 6.07) is 28.4. The van der Waals surface area contributed by atoms with E-state index >= 15 is 0 Å². The summed E-state index contributed by atoms with van der Waals surface area (Å²) in [6.07, 6.45) is 5.00. The van der Waals surface area contributed by atoms with Gasteiger partial charge in [-0.3, -0.25) is 14.3 Å². The molecule has 0 atom stereocenters. The minimum Gasteiger partial charge on any atom is -0.494 e. The van der Waals surface area contributed by atoms with Crippen LogP contribution in [0.15, 0.2) is 114 Å². The van der Waals surface area contributed by atoms with Crippen LogP contribution in [0.3, 0.4) is 0 Å². The zero-order valence-electron chi connectivity index (χ0n) is 21.7. The molecule has 0 spiro atoms. The van der Waals surface area contributed by atoms with Crippen LogP contribution in [0.25, 0.3) is 17.1 Å². The average Bonchev–Trinajstić information content (AvgIpc) is 3.42. The smallest absolute Gasteiger partial charge is 0.250 e. The standard InChI is InChI=1S/C30H26N6O3S/c1-2-38-25-15-13-24(14-16-25)36-29(23-9-7-17-31-20-23)34-35-30(36)40-21-28(37)33-32-19-22-8-6-12-27(18-22)39-26-10-4-3-5-11-26/h3-20H,2,21H2,1H3,(H,33,37)/b32-19+. The minimum atomic E-state index is -0.276. The number of benzene rings is 3. The van der Waals surface area contributed by atoms with Crippen molar-refractivity contribution in [3.63, 3.8) is 0 Å². The molecule has 0 aliphatic carbocycles. The van der Waals surface area contributed by atoms with E-state index in [9.17, 15) is 4.79 Å². The van der Waals surface area contributed by atoms with Gasteiger partial charge < -0.3 is 9.47 Å². The van der Waals surface area contributed by atoms with Gasteiger partial charge in [-0.2, -0.15) is 5.10 Å². The number of carbonyl (C=O) groups is 1. The van der Waals surface area contributed by atoms with Gasteiger partial charge in [0.25, 0.3) is 5.91 Å². The van der Waals surface area contributed by atoms with E-state index in [1.54, 1.807) is 18.6 Å². The van der Waals surface area contributed by atoms with E-state index in [1.165, 1.54) is 11.8 Å². The Balaban J connectivity index is 1.25. The SMILES string of the molecule is CCOc1ccc(-n2c(SCC(=O)N/N=C/c3cccc(Oc4ccccc4)c3)nnc2-c2cccnc2)cc1. The van der Waals surface area contributed by atoms with E-state index in [1.807, 2.05) is 102 Å². The first-order valence-corrected chi connectivity index (χ1v) is 13.5. The molecule has 0 saturated carbocycles. The molecule has 0 unspecified atom stereocenters. The van der Waals surface area contributed by atoms with Gasteiger partial charge in [0.05, 0.1) is 18.6 Å². The molecular formula is C30H26N6O3S. The van der Waals surface area contributed by atoms with Crippen molar-refractivity contribution < 1.29 is 14.3 Å². The van der Waals surface area contributed by atoms with Gasteiger partial charge in [0.15, 0.2) is 11.0 Å². The maximum absolute atomic E-state index is 12.6. The Morgan fingerprint density at radius 3 is 2.55 bits per heavy atom. The molecule has 10 heteroatoms. The molecule has 0 aliphatic heterocycles. The maximum Gasteiger partial charge on any atom is 0.250 e. The molecule has 0 fully saturated rings. The van der Waals surface area contributed by atoms with Gasteiger partial charge >= 0.3 is 0 Å². The number of thioether (sulfide) groups is 1. The van der Waals surface area contributed by atoms with E-state index in [2.05, 4.69) is 25.7 Å². The highest BCUT2D eigenvalue weighted by molar-refractivity contribution is 7.99. The van der Waals surface area contributed by atoms with Crippen molar-refractivity contribution >= 4 is 23.9 Å². The summed E-state index contributed by atoms with van der Waals surface area (Å²) in [5.74, 6) is 2.63. The summed E-state index contributed by atoms with van der Waals surface area (Å²) in [5.41, 5.74) is 5.01. The highest BCUT2D eigenvalue weighted by atomic mass is 32.2. The predicted molar refractivity (Wildman–Crippen MR) is 155 cm³/mol. The van der Waals surface area contributed by atoms with Crippen LogP contribution in [0.2, 0.25) is 0 Å². The molecule has 2 aromatic heterocycles. The molecule has 1 N–H and O–H groups in total. The number of aromatic nitrogens is 4. The van der Waals surface area contributed by atoms with E-state index in [4.69, 9.17) is 9.47 Å². The summed E-state index contributed by atoms with van der Waals surface area (Å²) in [4.78, 5) is 16.8. The van der Waals surface area contributed by atoms with Crippen LogP contribution < -0.4 is 14.9 Å². The van der Waals surface area contributed by atoms with E-state index in [-0.39, 0.29) is 11.7 Å². The van der Waals surface area contributed by atoms with Crippen LogP contribution in [-0.2, 0) is 4.79 Å². The minimum absolute atomic E-state index is 0.0939. The van der Waals surface area contributed by atoms with Gasteiger partial charge in [0.2, 0.25) is 0 Å². The van der Waals surface area contributed by atoms with Gasteiger partial charge in [0.1, 0.15) is 17.2 Å². The molecule has 0 radical (unpaired) electrons. The molecule has 5 aromatic rings. The molecule has 3 aromatic carbocycles. The summed E-state index contributed by atoms with van der Waals surface area (Å²) < 4.78 is 13.3. The highest BCUT2D eigenvalue weighted by Crippen LogP contribution is 2.28. The van der Waals surface area contributed by atoms with Crippen LogP contribution >= 0.6 is 11.8 Å². The van der Waals surface area contributed by atoms with Crippen molar-refractivity contribution in [2.24, 2.45) is 5.10 Å². The number of carbonyl (C=O) groups excluding carboxylic acids is 1. The van der Waals surface area contributed by atoms with Gasteiger partial charge in [-0.15, -0.1) is 10.2 Å². The normalized spacial score (nSPS) is 10.9. The third-order valence-corrected chi connectivity index (χ3v) is 6.46. The fourth-order valence-corrected chi connectivity index (χ4v) is 4.50. The third-order valence-electron chi connectivity index (χ3n) is 5.53. The first kappa shape index (κ1) is 26.6. The lowest BCUT2D eigenvalue weighted by molar-refractivity contribution is -0.118. The fourth-order valence-electron chi connectivity index (χ4n) is 3.76. The second-order valence-corrected chi connectivity index (χ2v) is 9.32. The zero-order valence-corrected chi connectivity index (χ0v) is 22.5. The van der Waals surface area contributed by atoms with Gasteiger partial charge in [-0.25, -0.2) is 5.43 Å². The fraction of sp³-hybridized carbons (Fsp3) is 0.100. The predicted octanol–water partition coefficient (Wildman–Crippen LogP) is 5.76. The van der Waals surface area contributed by atoms with Crippen LogP contribution in [0.4, 0.5) is 0 Å². The van der Waals surface area contributed by atoms with E-state index < -0.39 is 0 Å². The Morgan fingerprint density at radius 1 is 0.950 bits per heavy atom. The molecule has 9 nitrogen and oxygen atoms in total. The quantitative estimate of drug-likeness (QED) is 0.127. The second-order valence-electron chi connectivity index (χ2n) is 8.38. The summed E-state index contributed by atoms with van der Waals surface area (Å²) in [7, 11) is 0. The molecule has 0 saturated heterocycles. The number of hydrazone groups is 1. The number of hydrogen-bond acceptors (Lipinski definition) is 8. The van der Waals surface area contributed by atoms with Gasteiger partial charge in [-0.05, 0) is 73.2 Å². The average molecular weight is 551 g/mol. The Kier molecular flexibility index (Phi) is 8.80. The Morgan fingerprint density at radius 2 is 1.77 bits per heavy atom. The topological polar surface area (TPSA) is 104 Å². The van der Waals surface area contributed by atoms with Crippen molar-refractivity contribution in [1.29, 1.82) is 0 Å². The Bertz CT molecular complexity index is 1570. The van der Waals surface area contributed by atoms with Crippen molar-refractivity contribution in [1.82, 2.24) is 25.2 Å². The molecule has 40 heavy (non-hydrogen) atoms. The number of para-hydroxylation sites is 1. The number of hydrogen-bond donors (Lipinski definition) is 1. The number of ether oxygens (including phenoxy) is 2. The van der Waals surface area contributed by atoms with Crippen molar-refractivity contribution in [3.05, 3.63) is 109 Å². The summed E-state index contributed by atoms with van der Waals surface area (Å²) in [5, 5.41) is 13.4. The first-order chi connectivity index (χ1) is 19.7. The molecule has 2 heterocycles. The lowest BCUT2D eigenvalue weighted by Crippen LogP contribution is -2.20. The van der Waals surface area contributed by atoms with E-state index in [0.29, 0.717) is 23.3 Å². The van der Waals surface area contributed by atoms with Gasteiger partial charge in [-0.1, -0.05) is 42.1 Å². The van der Waals surface area contributed by atoms with Crippen LogP contribution in [0, 0.1) is 0 Å². The monoisotopic (exact) mass is 550 g/mol. The maximum atomic E-state index is 12.6. The van der Waals surface area contributed by atoms with Gasteiger partial charge in [0, 0.05) is 23.6 Å². The molecule has 200 valence electrons. The third kappa shape index (κ3) is 6.91. The Labute approximate surface area is 235 Å². The lowest BCUT2D eigenvalue weighted by Gasteiger charge is -2.11. The van der Waals surface area contributed by atoms with Crippen molar-refractivity contribution in [2.45, 2.75) is 12.1 Å². The molecular weight excluding hydrogens is 524 g/mol. The molecule has 0 aliphatic rings. The number of amides is 1. The summed E-state index contributed by atoms with van der Waals surface area (Å²) >= 11 is 1.26. The zero-order chi connectivity index (χ0) is 27.6. The van der Waals surface area contributed by atoms with Crippen molar-refractivity contribution in [3.8, 4) is 34.3 Å². The number of pyridine rings is 1. The van der Waals surface area contributed by atoms with Crippen molar-refractivity contribution in [2.75, 3.05) is 12.4 Å². The largest absolute Gasteiger partial charge is 0.494 e. The number of nitrogens with one attached hydrogen (secondary N) is 1. The Hall–Kier alpha value is -4.96. The van der Waals surface area contributed by atoms with E-state index in [0.717, 1.165) is 28.3 Å².